The Morgan fingerprint density at radius 3 is 1.90 bits per heavy atom. The largest absolute Gasteiger partial charge is 0.481 e. The first kappa shape index (κ1) is 25.9. The van der Waals surface area contributed by atoms with Gasteiger partial charge in [-0.15, -0.1) is 0 Å². The number of rotatable bonds is 9. The number of carbonyl (C=O) groups is 4. The van der Waals surface area contributed by atoms with Gasteiger partial charge in [-0.1, -0.05) is 43.0 Å². The van der Waals surface area contributed by atoms with Crippen LogP contribution < -0.4 is 0 Å². The van der Waals surface area contributed by atoms with E-state index in [2.05, 4.69) is 15.5 Å². The summed E-state index contributed by atoms with van der Waals surface area (Å²) in [6.07, 6.45) is -5.17. The van der Waals surface area contributed by atoms with Gasteiger partial charge in [-0.3, -0.25) is 14.1 Å². The molecule has 4 N–H and O–H groups in total. The van der Waals surface area contributed by atoms with E-state index in [4.69, 9.17) is 19.9 Å². The SMILES string of the molecule is C=Cc1ccccc1.O=C(O)CC(O)C(=O)OC(=O)C(CC(=O)O)OS(=O)(=O)O. The van der Waals surface area contributed by atoms with Crippen molar-refractivity contribution >= 4 is 40.4 Å². The predicted octanol–water partition coefficient (Wildman–Crippen LogP) is -0.116. The van der Waals surface area contributed by atoms with Crippen molar-refractivity contribution in [3.8, 4) is 0 Å². The number of hydrogen-bond acceptors (Lipinski definition) is 9. The molecule has 0 aromatic heterocycles. The van der Waals surface area contributed by atoms with Crippen molar-refractivity contribution in [2.45, 2.75) is 25.0 Å². The van der Waals surface area contributed by atoms with Crippen LogP contribution in [0.3, 0.4) is 0 Å². The van der Waals surface area contributed by atoms with Crippen molar-refractivity contribution in [3.05, 3.63) is 42.5 Å². The fourth-order valence-corrected chi connectivity index (χ4v) is 1.97. The van der Waals surface area contributed by atoms with E-state index in [9.17, 15) is 27.6 Å². The van der Waals surface area contributed by atoms with Crippen LogP contribution in [-0.4, -0.2) is 64.4 Å². The number of carbonyl (C=O) groups excluding carboxylic acids is 2. The number of carboxylic acids is 2. The molecular formula is C16H18O12S. The number of hydrogen-bond donors (Lipinski definition) is 4. The zero-order valence-corrected chi connectivity index (χ0v) is 15.5. The highest BCUT2D eigenvalue weighted by Crippen LogP contribution is 2.07. The second kappa shape index (κ2) is 12.4. The topological polar surface area (TPSA) is 202 Å². The minimum absolute atomic E-state index is 1.10. The first-order chi connectivity index (χ1) is 13.4. The average molecular weight is 434 g/mol. The molecule has 13 heteroatoms. The molecule has 12 nitrogen and oxygen atoms in total. The van der Waals surface area contributed by atoms with Crippen LogP contribution in [0.5, 0.6) is 0 Å². The maximum atomic E-state index is 11.3. The Bertz CT molecular complexity index is 831. The Kier molecular flexibility index (Phi) is 11.0. The maximum Gasteiger partial charge on any atom is 0.398 e. The summed E-state index contributed by atoms with van der Waals surface area (Å²) in [6.45, 7) is 3.63. The van der Waals surface area contributed by atoms with Crippen molar-refractivity contribution < 1.29 is 56.4 Å². The Morgan fingerprint density at radius 2 is 1.52 bits per heavy atom. The third-order valence-corrected chi connectivity index (χ3v) is 3.21. The minimum atomic E-state index is -5.22. The number of ether oxygens (including phenoxy) is 1. The monoisotopic (exact) mass is 434 g/mol. The third-order valence-electron chi connectivity index (χ3n) is 2.74. The zero-order valence-electron chi connectivity index (χ0n) is 14.7. The van der Waals surface area contributed by atoms with Crippen LogP contribution in [0.1, 0.15) is 18.4 Å². The van der Waals surface area contributed by atoms with Gasteiger partial charge in [0.15, 0.2) is 12.2 Å². The lowest BCUT2D eigenvalue weighted by Gasteiger charge is -2.13. The van der Waals surface area contributed by atoms with Gasteiger partial charge in [0.05, 0.1) is 12.8 Å². The summed E-state index contributed by atoms with van der Waals surface area (Å²) in [5, 5.41) is 25.7. The quantitative estimate of drug-likeness (QED) is 0.228. The molecule has 1 rings (SSSR count). The van der Waals surface area contributed by atoms with E-state index < -0.39 is 59.3 Å². The van der Waals surface area contributed by atoms with E-state index in [1.54, 1.807) is 0 Å². The number of aliphatic hydroxyl groups excluding tert-OH is 1. The summed E-state index contributed by atoms with van der Waals surface area (Å²) in [5.74, 6) is -6.91. The molecule has 2 unspecified atom stereocenters. The second-order valence-corrected chi connectivity index (χ2v) is 6.13. The highest BCUT2D eigenvalue weighted by molar-refractivity contribution is 7.80. The molecule has 0 bridgehead atoms. The van der Waals surface area contributed by atoms with Gasteiger partial charge in [-0.25, -0.2) is 13.8 Å². The summed E-state index contributed by atoms with van der Waals surface area (Å²) in [4.78, 5) is 43.0. The van der Waals surface area contributed by atoms with Crippen LogP contribution in [0.2, 0.25) is 0 Å². The van der Waals surface area contributed by atoms with Crippen LogP contribution in [0.15, 0.2) is 36.9 Å². The molecule has 160 valence electrons. The summed E-state index contributed by atoms with van der Waals surface area (Å²) in [6, 6.07) is 10.0. The maximum absolute atomic E-state index is 11.3. The molecule has 0 amide bonds. The molecule has 0 fully saturated rings. The summed E-state index contributed by atoms with van der Waals surface area (Å²) < 4.78 is 36.7. The molecule has 1 aromatic rings. The van der Waals surface area contributed by atoms with Gasteiger partial charge in [-0.05, 0) is 5.56 Å². The van der Waals surface area contributed by atoms with Crippen LogP contribution >= 0.6 is 0 Å². The van der Waals surface area contributed by atoms with Gasteiger partial charge in [0.25, 0.3) is 0 Å². The zero-order chi connectivity index (χ0) is 22.6. The molecule has 0 saturated heterocycles. The minimum Gasteiger partial charge on any atom is -0.481 e. The average Bonchev–Trinajstić information content (AvgIpc) is 2.60. The Labute approximate surface area is 164 Å². The van der Waals surface area contributed by atoms with E-state index in [-0.39, 0.29) is 0 Å². The lowest BCUT2D eigenvalue weighted by molar-refractivity contribution is -0.173. The Hall–Kier alpha value is -3.13. The van der Waals surface area contributed by atoms with Crippen LogP contribution in [0.25, 0.3) is 6.08 Å². The first-order valence-electron chi connectivity index (χ1n) is 7.56. The fourth-order valence-electron chi connectivity index (χ4n) is 1.53. The lowest BCUT2D eigenvalue weighted by Crippen LogP contribution is -2.36. The summed E-state index contributed by atoms with van der Waals surface area (Å²) in [7, 11) is -5.22. The predicted molar refractivity (Wildman–Crippen MR) is 94.6 cm³/mol. The molecule has 0 aliphatic heterocycles. The Balaban J connectivity index is 0.000000807. The van der Waals surface area contributed by atoms with Crippen molar-refractivity contribution in [1.29, 1.82) is 0 Å². The van der Waals surface area contributed by atoms with Crippen LogP contribution in [-0.2, 0) is 38.5 Å². The van der Waals surface area contributed by atoms with Gasteiger partial charge < -0.3 is 20.1 Å². The van der Waals surface area contributed by atoms with Crippen molar-refractivity contribution in [1.82, 2.24) is 0 Å². The van der Waals surface area contributed by atoms with Crippen molar-refractivity contribution in [3.63, 3.8) is 0 Å². The van der Waals surface area contributed by atoms with Gasteiger partial charge in [-0.2, -0.15) is 8.42 Å². The van der Waals surface area contributed by atoms with E-state index >= 15 is 0 Å². The fraction of sp³-hybridized carbons (Fsp3) is 0.250. The highest BCUT2D eigenvalue weighted by atomic mass is 32.3. The molecule has 0 aliphatic rings. The first-order valence-corrected chi connectivity index (χ1v) is 8.92. The van der Waals surface area contributed by atoms with Gasteiger partial charge in [0.1, 0.15) is 0 Å². The molecule has 1 aromatic carbocycles. The molecule has 0 spiro atoms. The Morgan fingerprint density at radius 1 is 1.00 bits per heavy atom. The number of aliphatic carboxylic acids is 2. The number of aliphatic hydroxyl groups is 1. The number of esters is 2. The smallest absolute Gasteiger partial charge is 0.398 e. The molecule has 29 heavy (non-hydrogen) atoms. The molecule has 0 radical (unpaired) electrons. The molecule has 0 aliphatic carbocycles. The normalized spacial score (nSPS) is 12.5. The molecule has 0 heterocycles. The highest BCUT2D eigenvalue weighted by Gasteiger charge is 2.33. The van der Waals surface area contributed by atoms with Crippen LogP contribution in [0, 0.1) is 0 Å². The third kappa shape index (κ3) is 12.8. The van der Waals surface area contributed by atoms with Crippen molar-refractivity contribution in [2.24, 2.45) is 0 Å². The molecular weight excluding hydrogens is 416 g/mol. The lowest BCUT2D eigenvalue weighted by atomic mass is 10.2. The standard InChI is InChI=1S/C8H10O12S.C8H8/c9-3(1-5(10)11)7(14)19-8(15)4(2-6(12)13)20-21(16,17)18;1-2-8-6-4-3-5-7-8/h3-4,9H,1-2H2,(H,10,11)(H,12,13)(H,16,17,18);2-7H,1H2. The number of benzene rings is 1. The van der Waals surface area contributed by atoms with E-state index in [1.807, 2.05) is 36.4 Å². The van der Waals surface area contributed by atoms with Gasteiger partial charge in [0, 0.05) is 0 Å². The van der Waals surface area contributed by atoms with Gasteiger partial charge >= 0.3 is 34.3 Å². The molecule has 0 saturated carbocycles. The van der Waals surface area contributed by atoms with Gasteiger partial charge in [0.2, 0.25) is 0 Å². The van der Waals surface area contributed by atoms with Crippen LogP contribution in [0.4, 0.5) is 0 Å². The number of carboxylic acid groups (broad SMARTS) is 2. The van der Waals surface area contributed by atoms with Crippen molar-refractivity contribution in [2.75, 3.05) is 0 Å². The van der Waals surface area contributed by atoms with E-state index in [0.29, 0.717) is 0 Å². The molecule has 2 atom stereocenters. The van der Waals surface area contributed by atoms with E-state index in [0.717, 1.165) is 0 Å². The summed E-state index contributed by atoms with van der Waals surface area (Å²) >= 11 is 0. The van der Waals surface area contributed by atoms with E-state index in [1.165, 1.54) is 5.56 Å². The summed E-state index contributed by atoms with van der Waals surface area (Å²) in [5.41, 5.74) is 1.17. The second-order valence-electron chi connectivity index (χ2n) is 5.08.